The normalized spacial score (nSPS) is 34.2. The van der Waals surface area contributed by atoms with E-state index in [0.717, 1.165) is 11.1 Å². The molecule has 0 aliphatic carbocycles. The van der Waals surface area contributed by atoms with Gasteiger partial charge in [-0.05, 0) is 12.5 Å². The molecule has 138 valence electrons. The highest BCUT2D eigenvalue weighted by atomic mass is 16.7. The number of aliphatic hydroxyl groups excluding tert-OH is 1. The van der Waals surface area contributed by atoms with Crippen molar-refractivity contribution < 1.29 is 24.1 Å². The summed E-state index contributed by atoms with van der Waals surface area (Å²) in [7, 11) is 0. The second kappa shape index (κ2) is 7.86. The fourth-order valence-electron chi connectivity index (χ4n) is 3.57. The van der Waals surface area contributed by atoms with Gasteiger partial charge in [-0.15, -0.1) is 0 Å². The molecule has 0 radical (unpaired) electrons. The Morgan fingerprint density at radius 3 is 2.42 bits per heavy atom. The Balaban J connectivity index is 1.44. The molecule has 2 aliphatic rings. The predicted molar refractivity (Wildman–Crippen MR) is 95.4 cm³/mol. The number of rotatable bonds is 4. The average Bonchev–Trinajstić information content (AvgIpc) is 2.69. The lowest BCUT2D eigenvalue weighted by molar-refractivity contribution is -0.331. The first-order valence-corrected chi connectivity index (χ1v) is 9.03. The lowest BCUT2D eigenvalue weighted by Crippen LogP contribution is -2.61. The van der Waals surface area contributed by atoms with Crippen LogP contribution in [0.4, 0.5) is 0 Å². The second-order valence-corrected chi connectivity index (χ2v) is 6.81. The summed E-state index contributed by atoms with van der Waals surface area (Å²) >= 11 is 0. The molecule has 26 heavy (non-hydrogen) atoms. The lowest BCUT2D eigenvalue weighted by atomic mass is 9.94. The Labute approximate surface area is 153 Å². The summed E-state index contributed by atoms with van der Waals surface area (Å²) in [6.45, 7) is 2.72. The van der Waals surface area contributed by atoms with Crippen molar-refractivity contribution >= 4 is 0 Å². The van der Waals surface area contributed by atoms with Crippen LogP contribution < -0.4 is 0 Å². The summed E-state index contributed by atoms with van der Waals surface area (Å²) in [6.07, 6.45) is -2.75. The summed E-state index contributed by atoms with van der Waals surface area (Å²) in [5.74, 6) is 0. The molecule has 2 aromatic rings. The Hall–Kier alpha value is -1.76. The number of aliphatic hydroxyl groups is 1. The van der Waals surface area contributed by atoms with Crippen LogP contribution in [0.2, 0.25) is 0 Å². The molecule has 2 aromatic carbocycles. The highest BCUT2D eigenvalue weighted by molar-refractivity contribution is 5.17. The first-order chi connectivity index (χ1) is 12.7. The van der Waals surface area contributed by atoms with Crippen molar-refractivity contribution in [2.24, 2.45) is 0 Å². The SMILES string of the molecule is CC1OC2COC(c3ccccc3)OC2C(O)C1OCc1ccccc1. The first-order valence-electron chi connectivity index (χ1n) is 9.03. The van der Waals surface area contributed by atoms with Gasteiger partial charge in [-0.1, -0.05) is 60.7 Å². The van der Waals surface area contributed by atoms with Crippen molar-refractivity contribution in [1.29, 1.82) is 0 Å². The third-order valence-corrected chi connectivity index (χ3v) is 4.94. The Bertz CT molecular complexity index is 692. The molecule has 0 saturated carbocycles. The van der Waals surface area contributed by atoms with Crippen LogP contribution in [0.3, 0.4) is 0 Å². The van der Waals surface area contributed by atoms with Crippen molar-refractivity contribution in [1.82, 2.24) is 0 Å². The fraction of sp³-hybridized carbons (Fsp3) is 0.429. The van der Waals surface area contributed by atoms with Crippen molar-refractivity contribution in [3.05, 3.63) is 71.8 Å². The standard InChI is InChI=1S/C21H24O5/c1-14-19(23-12-15-8-4-2-5-9-15)18(22)20-17(25-14)13-24-21(26-20)16-10-6-3-7-11-16/h2-11,14,17-22H,12-13H2,1H3. The zero-order chi connectivity index (χ0) is 17.9. The smallest absolute Gasteiger partial charge is 0.184 e. The molecule has 2 fully saturated rings. The molecule has 0 bridgehead atoms. The van der Waals surface area contributed by atoms with Crippen LogP contribution in [-0.4, -0.2) is 42.2 Å². The van der Waals surface area contributed by atoms with Crippen LogP contribution in [0.25, 0.3) is 0 Å². The van der Waals surface area contributed by atoms with E-state index in [1.165, 1.54) is 0 Å². The zero-order valence-corrected chi connectivity index (χ0v) is 14.7. The monoisotopic (exact) mass is 356 g/mol. The lowest BCUT2D eigenvalue weighted by Gasteiger charge is -2.47. The van der Waals surface area contributed by atoms with Crippen LogP contribution in [0.1, 0.15) is 24.3 Å². The van der Waals surface area contributed by atoms with Gasteiger partial charge in [0.25, 0.3) is 0 Å². The van der Waals surface area contributed by atoms with E-state index in [2.05, 4.69) is 0 Å². The van der Waals surface area contributed by atoms with E-state index in [1.807, 2.05) is 67.6 Å². The van der Waals surface area contributed by atoms with Crippen LogP contribution in [0.15, 0.2) is 60.7 Å². The maximum Gasteiger partial charge on any atom is 0.184 e. The van der Waals surface area contributed by atoms with Gasteiger partial charge < -0.3 is 24.1 Å². The maximum atomic E-state index is 10.9. The van der Waals surface area contributed by atoms with Gasteiger partial charge in [-0.3, -0.25) is 0 Å². The van der Waals surface area contributed by atoms with E-state index in [0.29, 0.717) is 13.2 Å². The minimum absolute atomic E-state index is 0.240. The molecule has 0 aromatic heterocycles. The maximum absolute atomic E-state index is 10.9. The zero-order valence-electron chi connectivity index (χ0n) is 14.7. The van der Waals surface area contributed by atoms with Crippen LogP contribution in [0, 0.1) is 0 Å². The molecular formula is C21H24O5. The van der Waals surface area contributed by atoms with Gasteiger partial charge >= 0.3 is 0 Å². The van der Waals surface area contributed by atoms with Crippen LogP contribution in [0.5, 0.6) is 0 Å². The van der Waals surface area contributed by atoms with Gasteiger partial charge in [0.15, 0.2) is 6.29 Å². The molecule has 6 unspecified atom stereocenters. The predicted octanol–water partition coefficient (Wildman–Crippen LogP) is 2.83. The third-order valence-electron chi connectivity index (χ3n) is 4.94. The number of hydrogen-bond acceptors (Lipinski definition) is 5. The molecule has 6 atom stereocenters. The van der Waals surface area contributed by atoms with Gasteiger partial charge in [0.05, 0.1) is 19.3 Å². The van der Waals surface area contributed by atoms with Gasteiger partial charge in [0, 0.05) is 5.56 Å². The first kappa shape index (κ1) is 17.6. The topological polar surface area (TPSA) is 57.2 Å². The van der Waals surface area contributed by atoms with E-state index in [4.69, 9.17) is 18.9 Å². The molecular weight excluding hydrogens is 332 g/mol. The van der Waals surface area contributed by atoms with Gasteiger partial charge in [-0.25, -0.2) is 0 Å². The highest BCUT2D eigenvalue weighted by Gasteiger charge is 2.48. The van der Waals surface area contributed by atoms with Crippen molar-refractivity contribution in [2.45, 2.75) is 50.3 Å². The van der Waals surface area contributed by atoms with Gasteiger partial charge in [-0.2, -0.15) is 0 Å². The molecule has 2 aliphatic heterocycles. The molecule has 5 nitrogen and oxygen atoms in total. The molecule has 4 rings (SSSR count). The summed E-state index contributed by atoms with van der Waals surface area (Å²) in [6, 6.07) is 19.6. The highest BCUT2D eigenvalue weighted by Crippen LogP contribution is 2.35. The number of fused-ring (bicyclic) bond motifs is 1. The van der Waals surface area contributed by atoms with Crippen molar-refractivity contribution in [3.8, 4) is 0 Å². The molecule has 0 amide bonds. The number of ether oxygens (including phenoxy) is 4. The molecule has 1 N–H and O–H groups in total. The Kier molecular flexibility index (Phi) is 5.33. The third kappa shape index (κ3) is 3.68. The van der Waals surface area contributed by atoms with Crippen molar-refractivity contribution in [3.63, 3.8) is 0 Å². The minimum atomic E-state index is -0.775. The number of hydrogen-bond donors (Lipinski definition) is 1. The van der Waals surface area contributed by atoms with Crippen molar-refractivity contribution in [2.75, 3.05) is 6.61 Å². The molecule has 5 heteroatoms. The van der Waals surface area contributed by atoms with E-state index in [-0.39, 0.29) is 12.2 Å². The quantitative estimate of drug-likeness (QED) is 0.913. The van der Waals surface area contributed by atoms with Crippen LogP contribution in [-0.2, 0) is 25.6 Å². The number of benzene rings is 2. The second-order valence-electron chi connectivity index (χ2n) is 6.81. The molecule has 2 heterocycles. The average molecular weight is 356 g/mol. The Morgan fingerprint density at radius 2 is 1.69 bits per heavy atom. The summed E-state index contributed by atoms with van der Waals surface area (Å²) in [4.78, 5) is 0. The van der Waals surface area contributed by atoms with E-state index < -0.39 is 24.6 Å². The minimum Gasteiger partial charge on any atom is -0.387 e. The largest absolute Gasteiger partial charge is 0.387 e. The summed E-state index contributed by atoms with van der Waals surface area (Å²) in [5.41, 5.74) is 1.99. The summed E-state index contributed by atoms with van der Waals surface area (Å²) < 4.78 is 23.8. The summed E-state index contributed by atoms with van der Waals surface area (Å²) in [5, 5.41) is 10.9. The van der Waals surface area contributed by atoms with E-state index >= 15 is 0 Å². The Morgan fingerprint density at radius 1 is 1.00 bits per heavy atom. The molecule has 0 spiro atoms. The van der Waals surface area contributed by atoms with E-state index in [1.54, 1.807) is 0 Å². The molecule has 2 saturated heterocycles. The van der Waals surface area contributed by atoms with Crippen LogP contribution >= 0.6 is 0 Å². The van der Waals surface area contributed by atoms with Gasteiger partial charge in [0.1, 0.15) is 24.4 Å². The van der Waals surface area contributed by atoms with E-state index in [9.17, 15) is 5.11 Å². The fourth-order valence-corrected chi connectivity index (χ4v) is 3.57. The van der Waals surface area contributed by atoms with Gasteiger partial charge in [0.2, 0.25) is 0 Å².